The molecule has 0 aliphatic carbocycles. The average Bonchev–Trinajstić information content (AvgIpc) is 3.02. The molecule has 0 atom stereocenters. The molecule has 0 amide bonds. The third-order valence-electron chi connectivity index (χ3n) is 2.17. The van der Waals surface area contributed by atoms with E-state index in [1.807, 2.05) is 17.5 Å². The predicted octanol–water partition coefficient (Wildman–Crippen LogP) is 2.69. The molecule has 3 rings (SSSR count). The van der Waals surface area contributed by atoms with Crippen molar-refractivity contribution in [3.05, 3.63) is 52.2 Å². The van der Waals surface area contributed by atoms with Gasteiger partial charge in [0.25, 0.3) is 5.90 Å². The van der Waals surface area contributed by atoms with Crippen LogP contribution in [0.3, 0.4) is 0 Å². The minimum absolute atomic E-state index is 0.211. The molecule has 5 heteroatoms. The molecule has 0 fully saturated rings. The summed E-state index contributed by atoms with van der Waals surface area (Å²) in [5.41, 5.74) is 0.291. The summed E-state index contributed by atoms with van der Waals surface area (Å²) in [6.45, 7) is 0. The van der Waals surface area contributed by atoms with Gasteiger partial charge in [0.05, 0.1) is 6.26 Å². The molecule has 0 bridgehead atoms. The van der Waals surface area contributed by atoms with Gasteiger partial charge in [0.2, 0.25) is 0 Å². The molecule has 0 aromatic carbocycles. The van der Waals surface area contributed by atoms with Crippen LogP contribution in [0.4, 0.5) is 0 Å². The molecule has 2 aromatic heterocycles. The number of carbonyl (C=O) groups is 1. The van der Waals surface area contributed by atoms with Gasteiger partial charge in [-0.15, -0.1) is 11.3 Å². The van der Waals surface area contributed by atoms with Crippen molar-refractivity contribution >= 4 is 29.3 Å². The molecule has 0 spiro atoms. The maximum atomic E-state index is 11.6. The van der Waals surface area contributed by atoms with Gasteiger partial charge in [-0.05, 0) is 29.7 Å². The maximum Gasteiger partial charge on any atom is 0.363 e. The Morgan fingerprint density at radius 2 is 2.24 bits per heavy atom. The van der Waals surface area contributed by atoms with E-state index in [9.17, 15) is 4.79 Å². The van der Waals surface area contributed by atoms with Crippen LogP contribution in [-0.4, -0.2) is 11.9 Å². The number of cyclic esters (lactones) is 1. The number of furan rings is 1. The Labute approximate surface area is 101 Å². The summed E-state index contributed by atoms with van der Waals surface area (Å²) in [5, 5.41) is 1.93. The summed E-state index contributed by atoms with van der Waals surface area (Å²) in [6, 6.07) is 7.23. The highest BCUT2D eigenvalue weighted by Gasteiger charge is 2.25. The Kier molecular flexibility index (Phi) is 2.38. The van der Waals surface area contributed by atoms with Crippen molar-refractivity contribution in [3.63, 3.8) is 0 Å². The number of nitrogens with zero attached hydrogens (tertiary/aromatic N) is 1. The molecule has 0 radical (unpaired) electrons. The van der Waals surface area contributed by atoms with Gasteiger partial charge in [-0.1, -0.05) is 6.07 Å². The van der Waals surface area contributed by atoms with Gasteiger partial charge in [-0.2, -0.15) is 0 Å². The summed E-state index contributed by atoms with van der Waals surface area (Å²) in [4.78, 5) is 16.6. The van der Waals surface area contributed by atoms with Gasteiger partial charge >= 0.3 is 5.97 Å². The second-order valence-electron chi connectivity index (χ2n) is 3.33. The molecule has 3 heterocycles. The number of hydrogen-bond donors (Lipinski definition) is 0. The minimum atomic E-state index is -0.454. The van der Waals surface area contributed by atoms with Gasteiger partial charge < -0.3 is 9.15 Å². The number of aliphatic imine (C=N–C) groups is 1. The van der Waals surface area contributed by atoms with Crippen molar-refractivity contribution in [2.24, 2.45) is 4.99 Å². The van der Waals surface area contributed by atoms with E-state index in [1.165, 1.54) is 17.6 Å². The summed E-state index contributed by atoms with van der Waals surface area (Å²) in [6.07, 6.45) is 3.20. The van der Waals surface area contributed by atoms with Gasteiger partial charge in [-0.25, -0.2) is 9.79 Å². The van der Waals surface area contributed by atoms with E-state index < -0.39 is 5.97 Å². The molecular weight excluding hydrogens is 238 g/mol. The Hall–Kier alpha value is -2.14. The number of ether oxygens (including phenoxy) is 1. The number of hydrogen-bond acceptors (Lipinski definition) is 5. The fraction of sp³-hybridized carbons (Fsp3) is 0. The molecule has 0 saturated carbocycles. The van der Waals surface area contributed by atoms with Crippen LogP contribution >= 0.6 is 11.3 Å². The molecule has 17 heavy (non-hydrogen) atoms. The number of rotatable bonds is 2. The fourth-order valence-electron chi connectivity index (χ4n) is 1.42. The number of esters is 1. The molecule has 2 aromatic rings. The summed E-state index contributed by atoms with van der Waals surface area (Å²) in [7, 11) is 0. The van der Waals surface area contributed by atoms with Crippen LogP contribution in [0.1, 0.15) is 10.6 Å². The highest BCUT2D eigenvalue weighted by molar-refractivity contribution is 7.10. The third-order valence-corrected chi connectivity index (χ3v) is 2.99. The quantitative estimate of drug-likeness (QED) is 0.603. The monoisotopic (exact) mass is 245 g/mol. The lowest BCUT2D eigenvalue weighted by molar-refractivity contribution is -0.130. The lowest BCUT2D eigenvalue weighted by Gasteiger charge is -1.91. The van der Waals surface area contributed by atoms with Crippen molar-refractivity contribution in [2.75, 3.05) is 0 Å². The van der Waals surface area contributed by atoms with Crippen LogP contribution in [0.25, 0.3) is 6.08 Å². The Morgan fingerprint density at radius 3 is 2.94 bits per heavy atom. The van der Waals surface area contributed by atoms with Gasteiger partial charge in [-0.3, -0.25) is 0 Å². The molecule has 0 unspecified atom stereocenters. The van der Waals surface area contributed by atoms with E-state index >= 15 is 0 Å². The van der Waals surface area contributed by atoms with Crippen LogP contribution in [0.5, 0.6) is 0 Å². The Morgan fingerprint density at radius 1 is 1.29 bits per heavy atom. The molecule has 1 aliphatic heterocycles. The predicted molar refractivity (Wildman–Crippen MR) is 63.6 cm³/mol. The minimum Gasteiger partial charge on any atom is -0.459 e. The molecule has 0 saturated heterocycles. The first-order valence-corrected chi connectivity index (χ1v) is 5.81. The van der Waals surface area contributed by atoms with Crippen molar-refractivity contribution < 1.29 is 13.9 Å². The van der Waals surface area contributed by atoms with Crippen molar-refractivity contribution in [2.45, 2.75) is 0 Å². The SMILES string of the molecule is O=C1OC(c2ccco2)=NC1=Cc1cccs1. The van der Waals surface area contributed by atoms with Crippen LogP contribution in [0.2, 0.25) is 0 Å². The lowest BCUT2D eigenvalue weighted by Crippen LogP contribution is -2.03. The summed E-state index contributed by atoms with van der Waals surface area (Å²) >= 11 is 1.53. The second kappa shape index (κ2) is 4.03. The maximum absolute atomic E-state index is 11.6. The zero-order valence-corrected chi connectivity index (χ0v) is 9.44. The van der Waals surface area contributed by atoms with Crippen LogP contribution < -0.4 is 0 Å². The van der Waals surface area contributed by atoms with Gasteiger partial charge in [0.15, 0.2) is 11.5 Å². The Bertz CT molecular complexity index is 594. The van der Waals surface area contributed by atoms with E-state index in [1.54, 1.807) is 18.2 Å². The number of carbonyl (C=O) groups excluding carboxylic acids is 1. The first-order chi connectivity index (χ1) is 8.33. The normalized spacial score (nSPS) is 17.3. The highest BCUT2D eigenvalue weighted by Crippen LogP contribution is 2.21. The van der Waals surface area contributed by atoms with E-state index in [4.69, 9.17) is 9.15 Å². The second-order valence-corrected chi connectivity index (χ2v) is 4.31. The van der Waals surface area contributed by atoms with Crippen molar-refractivity contribution in [1.82, 2.24) is 0 Å². The summed E-state index contributed by atoms with van der Waals surface area (Å²) in [5.74, 6) is 0.209. The van der Waals surface area contributed by atoms with E-state index in [0.717, 1.165) is 4.88 Å². The van der Waals surface area contributed by atoms with Crippen LogP contribution in [0, 0.1) is 0 Å². The molecule has 84 valence electrons. The van der Waals surface area contributed by atoms with Crippen molar-refractivity contribution in [1.29, 1.82) is 0 Å². The highest BCUT2D eigenvalue weighted by atomic mass is 32.1. The zero-order chi connectivity index (χ0) is 11.7. The van der Waals surface area contributed by atoms with Crippen molar-refractivity contribution in [3.8, 4) is 0 Å². The molecule has 1 aliphatic rings. The third kappa shape index (κ3) is 1.92. The summed E-state index contributed by atoms with van der Waals surface area (Å²) < 4.78 is 10.1. The fourth-order valence-corrected chi connectivity index (χ4v) is 2.07. The first-order valence-electron chi connectivity index (χ1n) is 4.93. The average molecular weight is 245 g/mol. The van der Waals surface area contributed by atoms with Gasteiger partial charge in [0.1, 0.15) is 0 Å². The Balaban J connectivity index is 1.95. The molecule has 0 N–H and O–H groups in total. The first kappa shape index (κ1) is 10.0. The largest absolute Gasteiger partial charge is 0.459 e. The lowest BCUT2D eigenvalue weighted by atomic mass is 10.3. The zero-order valence-electron chi connectivity index (χ0n) is 8.62. The standard InChI is InChI=1S/C12H7NO3S/c14-12-9(7-8-3-2-6-17-8)13-11(16-12)10-4-1-5-15-10/h1-7H. The van der Waals surface area contributed by atoms with E-state index in [2.05, 4.69) is 4.99 Å². The van der Waals surface area contributed by atoms with E-state index in [-0.39, 0.29) is 5.90 Å². The topological polar surface area (TPSA) is 51.8 Å². The van der Waals surface area contributed by atoms with E-state index in [0.29, 0.717) is 11.5 Å². The van der Waals surface area contributed by atoms with Crippen LogP contribution in [-0.2, 0) is 9.53 Å². The number of thiophene rings is 1. The molecule has 4 nitrogen and oxygen atoms in total. The smallest absolute Gasteiger partial charge is 0.363 e. The van der Waals surface area contributed by atoms with Gasteiger partial charge in [0, 0.05) is 4.88 Å². The molecular formula is C12H7NO3S. The van der Waals surface area contributed by atoms with Crippen LogP contribution in [0.15, 0.2) is 51.0 Å².